The van der Waals surface area contributed by atoms with Crippen LogP contribution in [0, 0.1) is 11.3 Å². The van der Waals surface area contributed by atoms with Crippen LogP contribution in [0.5, 0.6) is 0 Å². The van der Waals surface area contributed by atoms with E-state index in [1.807, 2.05) is 11.8 Å². The highest BCUT2D eigenvalue weighted by molar-refractivity contribution is 7.99. The fourth-order valence-electron chi connectivity index (χ4n) is 2.71. The Kier molecular flexibility index (Phi) is 4.31. The van der Waals surface area contributed by atoms with Crippen LogP contribution in [0.4, 0.5) is 0 Å². The summed E-state index contributed by atoms with van der Waals surface area (Å²) in [4.78, 5) is 12.7. The molecule has 3 nitrogen and oxygen atoms in total. The minimum atomic E-state index is -0.541. The first-order valence-corrected chi connectivity index (χ1v) is 7.87. The van der Waals surface area contributed by atoms with Crippen LogP contribution < -0.4 is 11.1 Å². The number of rotatable bonds is 4. The van der Waals surface area contributed by atoms with Gasteiger partial charge < -0.3 is 11.1 Å². The Bertz CT molecular complexity index is 308. The average molecular weight is 272 g/mol. The van der Waals surface area contributed by atoms with E-state index in [1.54, 1.807) is 0 Å². The average Bonchev–Trinajstić information content (AvgIpc) is 2.97. The molecule has 17 heavy (non-hydrogen) atoms. The van der Waals surface area contributed by atoms with Gasteiger partial charge in [-0.05, 0) is 36.7 Å². The minimum Gasteiger partial charge on any atom is -0.392 e. The number of hydrogen-bond acceptors (Lipinski definition) is 3. The Morgan fingerprint density at radius 3 is 2.71 bits per heavy atom. The number of thioether (sulfide) groups is 1. The molecule has 0 spiro atoms. The van der Waals surface area contributed by atoms with Gasteiger partial charge in [-0.1, -0.05) is 25.1 Å². The zero-order valence-electron chi connectivity index (χ0n) is 10.0. The van der Waals surface area contributed by atoms with E-state index in [1.165, 1.54) is 17.9 Å². The molecule has 3 N–H and O–H groups in total. The number of carbonyl (C=O) groups excluding carboxylic acids is 1. The van der Waals surface area contributed by atoms with E-state index in [2.05, 4.69) is 5.32 Å². The topological polar surface area (TPSA) is 55.1 Å². The van der Waals surface area contributed by atoms with Gasteiger partial charge in [0.2, 0.25) is 5.91 Å². The van der Waals surface area contributed by atoms with Gasteiger partial charge in [-0.2, -0.15) is 11.8 Å². The van der Waals surface area contributed by atoms with Gasteiger partial charge in [0.25, 0.3) is 0 Å². The minimum absolute atomic E-state index is 0.0689. The van der Waals surface area contributed by atoms with Gasteiger partial charge >= 0.3 is 0 Å². The molecule has 1 aliphatic carbocycles. The Balaban J connectivity index is 1.90. The van der Waals surface area contributed by atoms with E-state index < -0.39 is 5.41 Å². The van der Waals surface area contributed by atoms with E-state index in [0.29, 0.717) is 10.9 Å². The Hall–Kier alpha value is -0.290. The summed E-state index contributed by atoms with van der Waals surface area (Å²) in [5, 5.41) is 3.07. The van der Waals surface area contributed by atoms with Crippen LogP contribution in [0.1, 0.15) is 32.1 Å². The molecule has 1 aliphatic heterocycles. The fraction of sp³-hybridized carbons (Fsp3) is 0.833. The molecular formula is C12H20N2OS2. The second-order valence-corrected chi connectivity index (χ2v) is 6.68. The zero-order chi connectivity index (χ0) is 12.3. The highest BCUT2D eigenvalue weighted by atomic mass is 32.2. The second kappa shape index (κ2) is 5.57. The molecule has 0 aromatic carbocycles. The standard InChI is InChI=1S/C12H20N2OS2/c13-10(16)12(4-1-2-5-12)11(15)14-7-9-3-6-17-8-9/h9H,1-8H2,(H2,13,16)(H,14,15). The molecule has 2 rings (SSSR count). The summed E-state index contributed by atoms with van der Waals surface area (Å²) < 4.78 is 0. The summed E-state index contributed by atoms with van der Waals surface area (Å²) in [5.74, 6) is 3.09. The summed E-state index contributed by atoms with van der Waals surface area (Å²) in [5.41, 5.74) is 5.24. The lowest BCUT2D eigenvalue weighted by Crippen LogP contribution is -2.48. The van der Waals surface area contributed by atoms with Crippen molar-refractivity contribution < 1.29 is 4.79 Å². The van der Waals surface area contributed by atoms with Crippen LogP contribution in [0.15, 0.2) is 0 Å². The van der Waals surface area contributed by atoms with E-state index in [-0.39, 0.29) is 5.91 Å². The summed E-state index contributed by atoms with van der Waals surface area (Å²) in [6, 6.07) is 0. The molecule has 1 atom stereocenters. The van der Waals surface area contributed by atoms with Crippen LogP contribution in [-0.2, 0) is 4.79 Å². The lowest BCUT2D eigenvalue weighted by atomic mass is 9.85. The maximum absolute atomic E-state index is 12.3. The molecule has 1 saturated carbocycles. The smallest absolute Gasteiger partial charge is 0.233 e. The maximum Gasteiger partial charge on any atom is 0.233 e. The lowest BCUT2D eigenvalue weighted by molar-refractivity contribution is -0.127. The molecule has 0 aromatic heterocycles. The molecule has 1 heterocycles. The summed E-state index contributed by atoms with van der Waals surface area (Å²) in [6.45, 7) is 0.788. The van der Waals surface area contributed by atoms with Crippen LogP contribution in [0.25, 0.3) is 0 Å². The molecule has 0 aromatic rings. The SMILES string of the molecule is NC(=S)C1(C(=O)NCC2CCSC2)CCCC1. The van der Waals surface area contributed by atoms with E-state index >= 15 is 0 Å². The van der Waals surface area contributed by atoms with Gasteiger partial charge in [0, 0.05) is 6.54 Å². The molecular weight excluding hydrogens is 252 g/mol. The van der Waals surface area contributed by atoms with Crippen LogP contribution >= 0.6 is 24.0 Å². The summed E-state index contributed by atoms with van der Waals surface area (Å²) in [7, 11) is 0. The first kappa shape index (κ1) is 13.1. The van der Waals surface area contributed by atoms with E-state index in [0.717, 1.165) is 32.2 Å². The predicted octanol–water partition coefficient (Wildman–Crippen LogP) is 1.70. The van der Waals surface area contributed by atoms with Gasteiger partial charge in [0.1, 0.15) is 0 Å². The Labute approximate surface area is 112 Å². The number of nitrogens with one attached hydrogen (secondary N) is 1. The highest BCUT2D eigenvalue weighted by Crippen LogP contribution is 2.38. The van der Waals surface area contributed by atoms with Crippen LogP contribution in [-0.4, -0.2) is 28.9 Å². The second-order valence-electron chi connectivity index (χ2n) is 5.09. The third-order valence-corrected chi connectivity index (χ3v) is 5.56. The molecule has 96 valence electrons. The van der Waals surface area contributed by atoms with Gasteiger partial charge in [-0.25, -0.2) is 0 Å². The number of carbonyl (C=O) groups is 1. The first-order chi connectivity index (χ1) is 8.15. The van der Waals surface area contributed by atoms with Crippen molar-refractivity contribution >= 4 is 34.9 Å². The van der Waals surface area contributed by atoms with Crippen molar-refractivity contribution in [2.45, 2.75) is 32.1 Å². The lowest BCUT2D eigenvalue weighted by Gasteiger charge is -2.26. The van der Waals surface area contributed by atoms with Gasteiger partial charge in [0.15, 0.2) is 0 Å². The van der Waals surface area contributed by atoms with Gasteiger partial charge in [-0.3, -0.25) is 4.79 Å². The van der Waals surface area contributed by atoms with Crippen molar-refractivity contribution in [3.8, 4) is 0 Å². The number of thiocarbonyl (C=S) groups is 1. The van der Waals surface area contributed by atoms with Gasteiger partial charge in [-0.15, -0.1) is 0 Å². The quantitative estimate of drug-likeness (QED) is 0.765. The maximum atomic E-state index is 12.3. The molecule has 1 unspecified atom stereocenters. The molecule has 0 radical (unpaired) electrons. The monoisotopic (exact) mass is 272 g/mol. The summed E-state index contributed by atoms with van der Waals surface area (Å²) in [6.07, 6.45) is 4.99. The number of nitrogens with two attached hydrogens (primary N) is 1. The normalized spacial score (nSPS) is 26.9. The third kappa shape index (κ3) is 2.76. The molecule has 2 fully saturated rings. The molecule has 1 saturated heterocycles. The third-order valence-electron chi connectivity index (χ3n) is 3.94. The van der Waals surface area contributed by atoms with Crippen molar-refractivity contribution in [1.82, 2.24) is 5.32 Å². The van der Waals surface area contributed by atoms with Crippen LogP contribution in [0.3, 0.4) is 0 Å². The summed E-state index contributed by atoms with van der Waals surface area (Å²) >= 11 is 7.08. The van der Waals surface area contributed by atoms with Gasteiger partial charge in [0.05, 0.1) is 10.4 Å². The highest BCUT2D eigenvalue weighted by Gasteiger charge is 2.43. The molecule has 2 aliphatic rings. The van der Waals surface area contributed by atoms with E-state index in [9.17, 15) is 4.79 Å². The molecule has 1 amide bonds. The molecule has 0 bridgehead atoms. The first-order valence-electron chi connectivity index (χ1n) is 6.31. The van der Waals surface area contributed by atoms with Crippen molar-refractivity contribution in [3.05, 3.63) is 0 Å². The van der Waals surface area contributed by atoms with Crippen molar-refractivity contribution in [1.29, 1.82) is 0 Å². The fourth-order valence-corrected chi connectivity index (χ4v) is 4.30. The van der Waals surface area contributed by atoms with Crippen molar-refractivity contribution in [2.24, 2.45) is 17.1 Å². The van der Waals surface area contributed by atoms with Crippen molar-refractivity contribution in [3.63, 3.8) is 0 Å². The predicted molar refractivity (Wildman–Crippen MR) is 76.1 cm³/mol. The van der Waals surface area contributed by atoms with Crippen molar-refractivity contribution in [2.75, 3.05) is 18.1 Å². The number of hydrogen-bond donors (Lipinski definition) is 2. The van der Waals surface area contributed by atoms with Crippen LogP contribution in [0.2, 0.25) is 0 Å². The molecule has 5 heteroatoms. The Morgan fingerprint density at radius 2 is 2.18 bits per heavy atom. The van der Waals surface area contributed by atoms with E-state index in [4.69, 9.17) is 18.0 Å². The number of amides is 1. The Morgan fingerprint density at radius 1 is 1.47 bits per heavy atom. The zero-order valence-corrected chi connectivity index (χ0v) is 11.7. The largest absolute Gasteiger partial charge is 0.392 e.